The fraction of sp³-hybridized carbons (Fsp3) is 0.333. The Balaban J connectivity index is 1.82. The van der Waals surface area contributed by atoms with Gasteiger partial charge in [0.15, 0.2) is 5.69 Å². The summed E-state index contributed by atoms with van der Waals surface area (Å²) in [5.41, 5.74) is 10.6. The van der Waals surface area contributed by atoms with Crippen molar-refractivity contribution in [1.29, 1.82) is 0 Å². The lowest BCUT2D eigenvalue weighted by molar-refractivity contribution is 0.102. The zero-order chi connectivity index (χ0) is 14.3. The summed E-state index contributed by atoms with van der Waals surface area (Å²) < 4.78 is 0. The Morgan fingerprint density at radius 3 is 2.55 bits per heavy atom. The lowest BCUT2D eigenvalue weighted by Gasteiger charge is -2.06. The highest BCUT2D eigenvalue weighted by atomic mass is 16.2. The molecule has 2 aromatic rings. The molecule has 5 nitrogen and oxygen atoms in total. The smallest absolute Gasteiger partial charge is 0.278 e. The number of aryl methyl sites for hydroxylation is 2. The van der Waals surface area contributed by atoms with Gasteiger partial charge in [0.1, 0.15) is 0 Å². The van der Waals surface area contributed by atoms with Crippen molar-refractivity contribution in [3.63, 3.8) is 0 Å². The number of aromatic amines is 1. The zero-order valence-corrected chi connectivity index (χ0v) is 11.7. The van der Waals surface area contributed by atoms with E-state index in [1.807, 2.05) is 26.0 Å². The van der Waals surface area contributed by atoms with Crippen molar-refractivity contribution in [2.45, 2.75) is 32.6 Å². The number of nitrogens with zero attached hydrogens (tertiary/aromatic N) is 1. The standard InChI is InChI=1S/C15H18N4O/c1-8-5-9(2)7-11(6-8)17-15(20)14-12(16)13(18-19-14)10-3-4-10/h5-7,10H,3-4,16H2,1-2H3,(H,17,20)(H,18,19). The van der Waals surface area contributed by atoms with Crippen LogP contribution in [0.15, 0.2) is 18.2 Å². The SMILES string of the molecule is Cc1cc(C)cc(NC(=O)c2n[nH]c(C3CC3)c2N)c1. The minimum Gasteiger partial charge on any atom is -0.395 e. The zero-order valence-electron chi connectivity index (χ0n) is 11.7. The molecule has 1 fully saturated rings. The highest BCUT2D eigenvalue weighted by Crippen LogP contribution is 2.42. The van der Waals surface area contributed by atoms with Gasteiger partial charge in [-0.3, -0.25) is 9.89 Å². The second-order valence-corrected chi connectivity index (χ2v) is 5.50. The maximum absolute atomic E-state index is 12.2. The maximum atomic E-state index is 12.2. The van der Waals surface area contributed by atoms with E-state index in [0.29, 0.717) is 11.6 Å². The monoisotopic (exact) mass is 270 g/mol. The molecule has 3 rings (SSSR count). The van der Waals surface area contributed by atoms with Crippen molar-refractivity contribution < 1.29 is 4.79 Å². The molecule has 1 aromatic carbocycles. The predicted octanol–water partition coefficient (Wildman–Crippen LogP) is 2.74. The summed E-state index contributed by atoms with van der Waals surface area (Å²) in [6.45, 7) is 3.99. The molecule has 0 saturated heterocycles. The fourth-order valence-electron chi connectivity index (χ4n) is 2.46. The molecule has 1 heterocycles. The van der Waals surface area contributed by atoms with Gasteiger partial charge in [0, 0.05) is 11.6 Å². The molecule has 0 spiro atoms. The van der Waals surface area contributed by atoms with Crippen LogP contribution in [0.1, 0.15) is 46.1 Å². The second-order valence-electron chi connectivity index (χ2n) is 5.50. The minimum atomic E-state index is -0.268. The number of carbonyl (C=O) groups is 1. The number of anilines is 2. The summed E-state index contributed by atoms with van der Waals surface area (Å²) in [5.74, 6) is 0.181. The van der Waals surface area contributed by atoms with E-state index in [2.05, 4.69) is 21.6 Å². The molecular formula is C15H18N4O. The molecule has 1 aromatic heterocycles. The fourth-order valence-corrected chi connectivity index (χ4v) is 2.46. The van der Waals surface area contributed by atoms with Crippen LogP contribution < -0.4 is 11.1 Å². The molecule has 1 saturated carbocycles. The van der Waals surface area contributed by atoms with Crippen LogP contribution in [0.4, 0.5) is 11.4 Å². The first kappa shape index (κ1) is 12.7. The number of nitrogens with two attached hydrogens (primary N) is 1. The van der Waals surface area contributed by atoms with E-state index in [1.54, 1.807) is 0 Å². The molecule has 0 bridgehead atoms. The number of amides is 1. The molecular weight excluding hydrogens is 252 g/mol. The summed E-state index contributed by atoms with van der Waals surface area (Å²) in [6, 6.07) is 5.91. The number of nitrogen functional groups attached to an aromatic ring is 1. The van der Waals surface area contributed by atoms with E-state index in [-0.39, 0.29) is 11.6 Å². The van der Waals surface area contributed by atoms with Crippen molar-refractivity contribution >= 4 is 17.3 Å². The molecule has 0 radical (unpaired) electrons. The highest BCUT2D eigenvalue weighted by Gasteiger charge is 2.30. The number of hydrogen-bond acceptors (Lipinski definition) is 3. The van der Waals surface area contributed by atoms with E-state index in [1.165, 1.54) is 0 Å². The Bertz CT molecular complexity index is 650. The van der Waals surface area contributed by atoms with Gasteiger partial charge < -0.3 is 11.1 Å². The Morgan fingerprint density at radius 2 is 1.95 bits per heavy atom. The first-order valence-electron chi connectivity index (χ1n) is 6.78. The number of aromatic nitrogens is 2. The van der Waals surface area contributed by atoms with Crippen molar-refractivity contribution in [2.75, 3.05) is 11.1 Å². The van der Waals surface area contributed by atoms with Crippen LogP contribution in [0, 0.1) is 13.8 Å². The average molecular weight is 270 g/mol. The molecule has 1 aliphatic carbocycles. The molecule has 5 heteroatoms. The van der Waals surface area contributed by atoms with Crippen LogP contribution in [0.25, 0.3) is 0 Å². The van der Waals surface area contributed by atoms with Gasteiger partial charge in [0.2, 0.25) is 0 Å². The normalized spacial score (nSPS) is 14.3. The first-order chi connectivity index (χ1) is 9.54. The third-order valence-corrected chi connectivity index (χ3v) is 3.51. The molecule has 0 unspecified atom stereocenters. The maximum Gasteiger partial charge on any atom is 0.278 e. The van der Waals surface area contributed by atoms with Crippen LogP contribution in [-0.4, -0.2) is 16.1 Å². The number of carbonyl (C=O) groups excluding carboxylic acids is 1. The molecule has 1 aliphatic rings. The molecule has 0 aliphatic heterocycles. The van der Waals surface area contributed by atoms with Crippen molar-refractivity contribution in [2.24, 2.45) is 0 Å². The Hall–Kier alpha value is -2.30. The van der Waals surface area contributed by atoms with Gasteiger partial charge in [-0.2, -0.15) is 5.10 Å². The number of nitrogens with one attached hydrogen (secondary N) is 2. The lowest BCUT2D eigenvalue weighted by Crippen LogP contribution is -2.14. The summed E-state index contributed by atoms with van der Waals surface area (Å²) >= 11 is 0. The molecule has 1 amide bonds. The van der Waals surface area contributed by atoms with Crippen molar-refractivity contribution in [1.82, 2.24) is 10.2 Å². The first-order valence-corrected chi connectivity index (χ1v) is 6.78. The van der Waals surface area contributed by atoms with Gasteiger partial charge >= 0.3 is 0 Å². The van der Waals surface area contributed by atoms with Crippen LogP contribution in [0.3, 0.4) is 0 Å². The number of benzene rings is 1. The van der Waals surface area contributed by atoms with E-state index in [9.17, 15) is 4.79 Å². The third-order valence-electron chi connectivity index (χ3n) is 3.51. The van der Waals surface area contributed by atoms with E-state index >= 15 is 0 Å². The van der Waals surface area contributed by atoms with Crippen molar-refractivity contribution in [3.8, 4) is 0 Å². The Morgan fingerprint density at radius 1 is 1.30 bits per heavy atom. The summed E-state index contributed by atoms with van der Waals surface area (Å²) in [6.07, 6.45) is 2.23. The molecule has 4 N–H and O–H groups in total. The Labute approximate surface area is 117 Å². The van der Waals surface area contributed by atoms with Gasteiger partial charge in [-0.1, -0.05) is 6.07 Å². The number of H-pyrrole nitrogens is 1. The van der Waals surface area contributed by atoms with Gasteiger partial charge in [-0.05, 0) is 49.9 Å². The van der Waals surface area contributed by atoms with Gasteiger partial charge in [0.05, 0.1) is 11.4 Å². The van der Waals surface area contributed by atoms with Crippen LogP contribution >= 0.6 is 0 Å². The third kappa shape index (κ3) is 2.39. The molecule has 104 valence electrons. The number of rotatable bonds is 3. The topological polar surface area (TPSA) is 83.8 Å². The van der Waals surface area contributed by atoms with E-state index in [0.717, 1.165) is 35.3 Å². The van der Waals surface area contributed by atoms with Crippen LogP contribution in [0.2, 0.25) is 0 Å². The highest BCUT2D eigenvalue weighted by molar-refractivity contribution is 6.06. The second kappa shape index (κ2) is 4.67. The predicted molar refractivity (Wildman–Crippen MR) is 78.8 cm³/mol. The average Bonchev–Trinajstić information content (AvgIpc) is 3.11. The number of hydrogen-bond donors (Lipinski definition) is 3. The van der Waals surface area contributed by atoms with Gasteiger partial charge in [0.25, 0.3) is 5.91 Å². The summed E-state index contributed by atoms with van der Waals surface area (Å²) in [5, 5.41) is 9.80. The van der Waals surface area contributed by atoms with Crippen LogP contribution in [0.5, 0.6) is 0 Å². The minimum absolute atomic E-state index is 0.268. The Kier molecular flexibility index (Phi) is 2.97. The molecule has 20 heavy (non-hydrogen) atoms. The van der Waals surface area contributed by atoms with E-state index in [4.69, 9.17) is 5.73 Å². The van der Waals surface area contributed by atoms with Crippen molar-refractivity contribution in [3.05, 3.63) is 40.7 Å². The van der Waals surface area contributed by atoms with Gasteiger partial charge in [-0.25, -0.2) is 0 Å². The quantitative estimate of drug-likeness (QED) is 0.801. The molecule has 0 atom stereocenters. The lowest BCUT2D eigenvalue weighted by atomic mass is 10.1. The summed E-state index contributed by atoms with van der Waals surface area (Å²) in [7, 11) is 0. The summed E-state index contributed by atoms with van der Waals surface area (Å²) in [4.78, 5) is 12.2. The van der Waals surface area contributed by atoms with E-state index < -0.39 is 0 Å². The van der Waals surface area contributed by atoms with Gasteiger partial charge in [-0.15, -0.1) is 0 Å². The van der Waals surface area contributed by atoms with Crippen LogP contribution in [-0.2, 0) is 0 Å². The largest absolute Gasteiger partial charge is 0.395 e.